The first-order valence-corrected chi connectivity index (χ1v) is 10.2. The fourth-order valence-electron chi connectivity index (χ4n) is 3.14. The van der Waals surface area contributed by atoms with Crippen LogP contribution < -0.4 is 25.6 Å². The van der Waals surface area contributed by atoms with Crippen molar-refractivity contribution in [2.45, 2.75) is 45.8 Å². The Hall–Kier alpha value is -1.91. The summed E-state index contributed by atoms with van der Waals surface area (Å²) >= 11 is 0. The molecular weight excluding hydrogens is 497 g/mol. The number of amides is 1. The Kier molecular flexibility index (Phi) is 11.1. The van der Waals surface area contributed by atoms with Gasteiger partial charge in [0.15, 0.2) is 5.96 Å². The third-order valence-electron chi connectivity index (χ3n) is 4.35. The molecule has 1 unspecified atom stereocenters. The molecule has 0 aliphatic carbocycles. The van der Waals surface area contributed by atoms with Gasteiger partial charge in [-0.3, -0.25) is 4.99 Å². The molecule has 9 heteroatoms. The highest BCUT2D eigenvalue weighted by Crippen LogP contribution is 2.30. The molecule has 1 aromatic rings. The number of anilines is 1. The second-order valence-corrected chi connectivity index (χ2v) is 7.94. The van der Waals surface area contributed by atoms with Crippen molar-refractivity contribution < 1.29 is 14.3 Å². The van der Waals surface area contributed by atoms with Gasteiger partial charge in [0.1, 0.15) is 11.4 Å². The van der Waals surface area contributed by atoms with Crippen LogP contribution in [-0.2, 0) is 4.74 Å². The quantitative estimate of drug-likeness (QED) is 0.216. The number of rotatable bonds is 7. The van der Waals surface area contributed by atoms with E-state index in [1.165, 1.54) is 0 Å². The molecule has 170 valence electrons. The molecule has 8 nitrogen and oxygen atoms in total. The van der Waals surface area contributed by atoms with Crippen molar-refractivity contribution in [1.29, 1.82) is 0 Å². The predicted octanol–water partition coefficient (Wildman–Crippen LogP) is 2.97. The summed E-state index contributed by atoms with van der Waals surface area (Å²) < 4.78 is 10.7. The number of ether oxygens (including phenoxy) is 2. The van der Waals surface area contributed by atoms with Gasteiger partial charge in [0.05, 0.1) is 19.3 Å². The molecule has 1 saturated heterocycles. The fourth-order valence-corrected chi connectivity index (χ4v) is 3.14. The first-order chi connectivity index (χ1) is 13.8. The van der Waals surface area contributed by atoms with E-state index in [1.807, 2.05) is 45.9 Å². The topological polar surface area (TPSA) is 87.2 Å². The van der Waals surface area contributed by atoms with E-state index in [0.29, 0.717) is 13.1 Å². The zero-order valence-electron chi connectivity index (χ0n) is 18.7. The fraction of sp³-hybridized carbons (Fsp3) is 0.619. The Balaban J connectivity index is 0.00000450. The van der Waals surface area contributed by atoms with Crippen molar-refractivity contribution in [2.24, 2.45) is 4.99 Å². The summed E-state index contributed by atoms with van der Waals surface area (Å²) in [4.78, 5) is 18.6. The lowest BCUT2D eigenvalue weighted by Gasteiger charge is -2.22. The van der Waals surface area contributed by atoms with Gasteiger partial charge in [-0.2, -0.15) is 0 Å². The van der Waals surface area contributed by atoms with E-state index in [0.717, 1.165) is 43.5 Å². The van der Waals surface area contributed by atoms with Crippen LogP contribution in [0.1, 0.15) is 34.1 Å². The summed E-state index contributed by atoms with van der Waals surface area (Å²) in [6, 6.07) is 8.37. The number of para-hydroxylation sites is 2. The maximum atomic E-state index is 11.7. The maximum Gasteiger partial charge on any atom is 0.407 e. The van der Waals surface area contributed by atoms with Gasteiger partial charge in [0, 0.05) is 32.2 Å². The van der Waals surface area contributed by atoms with Gasteiger partial charge in [0.25, 0.3) is 0 Å². The van der Waals surface area contributed by atoms with Gasteiger partial charge in [0.2, 0.25) is 0 Å². The summed E-state index contributed by atoms with van der Waals surface area (Å²) in [5.74, 6) is 1.65. The molecule has 0 bridgehead atoms. The van der Waals surface area contributed by atoms with E-state index in [4.69, 9.17) is 9.47 Å². The third-order valence-corrected chi connectivity index (χ3v) is 4.35. The predicted molar refractivity (Wildman–Crippen MR) is 132 cm³/mol. The van der Waals surface area contributed by atoms with Gasteiger partial charge in [-0.1, -0.05) is 12.1 Å². The average molecular weight is 533 g/mol. The molecule has 0 spiro atoms. The minimum absolute atomic E-state index is 0. The summed E-state index contributed by atoms with van der Waals surface area (Å²) in [7, 11) is 1.70. The molecular formula is C21H36IN5O3. The van der Waals surface area contributed by atoms with E-state index in [2.05, 4.69) is 31.9 Å². The molecule has 1 aliphatic rings. The zero-order chi connectivity index (χ0) is 21.3. The molecule has 1 heterocycles. The van der Waals surface area contributed by atoms with Crippen LogP contribution in [0, 0.1) is 0 Å². The lowest BCUT2D eigenvalue weighted by atomic mass is 10.2. The van der Waals surface area contributed by atoms with E-state index in [1.54, 1.807) is 7.11 Å². The number of methoxy groups -OCH3 is 1. The molecule has 30 heavy (non-hydrogen) atoms. The van der Waals surface area contributed by atoms with Crippen molar-refractivity contribution >= 4 is 41.7 Å². The number of aliphatic imine (C=N–C) groups is 1. The minimum Gasteiger partial charge on any atom is -0.495 e. The second-order valence-electron chi connectivity index (χ2n) is 7.94. The zero-order valence-corrected chi connectivity index (χ0v) is 21.0. The van der Waals surface area contributed by atoms with Gasteiger partial charge < -0.3 is 30.3 Å². The molecule has 3 N–H and O–H groups in total. The number of carbonyl (C=O) groups is 1. The first kappa shape index (κ1) is 26.1. The lowest BCUT2D eigenvalue weighted by molar-refractivity contribution is 0.0529. The minimum atomic E-state index is -0.500. The molecule has 2 rings (SSSR count). The highest BCUT2D eigenvalue weighted by Gasteiger charge is 2.25. The molecule has 1 aliphatic heterocycles. The highest BCUT2D eigenvalue weighted by atomic mass is 127. The number of guanidine groups is 1. The number of alkyl carbamates (subject to hydrolysis) is 1. The Bertz CT molecular complexity index is 693. The van der Waals surface area contributed by atoms with Crippen LogP contribution in [0.15, 0.2) is 29.3 Å². The standard InChI is InChI=1S/C21H35N5O3.HI/c1-6-22-19(23-12-13-24-20(27)29-21(2,3)4)25-16-11-14-26(15-16)17-9-7-8-10-18(17)28-5;/h7-10,16H,6,11-15H2,1-5H3,(H,24,27)(H2,22,23,25);1H. The van der Waals surface area contributed by atoms with Crippen molar-refractivity contribution in [3.8, 4) is 5.75 Å². The van der Waals surface area contributed by atoms with E-state index in [-0.39, 0.29) is 30.0 Å². The van der Waals surface area contributed by atoms with Crippen LogP contribution in [0.25, 0.3) is 0 Å². The number of benzene rings is 1. The molecule has 1 fully saturated rings. The maximum absolute atomic E-state index is 11.7. The second kappa shape index (κ2) is 12.7. The lowest BCUT2D eigenvalue weighted by Crippen LogP contribution is -2.45. The molecule has 0 aromatic heterocycles. The Morgan fingerprint density at radius 3 is 2.67 bits per heavy atom. The van der Waals surface area contributed by atoms with Crippen LogP contribution in [0.4, 0.5) is 10.5 Å². The van der Waals surface area contributed by atoms with Gasteiger partial charge >= 0.3 is 6.09 Å². The Morgan fingerprint density at radius 1 is 1.27 bits per heavy atom. The van der Waals surface area contributed by atoms with Gasteiger partial charge in [-0.25, -0.2) is 4.79 Å². The summed E-state index contributed by atoms with van der Waals surface area (Å²) in [5.41, 5.74) is 0.613. The van der Waals surface area contributed by atoms with Gasteiger partial charge in [-0.05, 0) is 46.2 Å². The van der Waals surface area contributed by atoms with Crippen LogP contribution in [0.2, 0.25) is 0 Å². The number of nitrogens with one attached hydrogen (secondary N) is 3. The molecule has 1 amide bonds. The SMILES string of the molecule is CCNC(=NCCNC(=O)OC(C)(C)C)NC1CCN(c2ccccc2OC)C1.I. The normalized spacial score (nSPS) is 16.5. The number of halogens is 1. The van der Waals surface area contributed by atoms with Crippen LogP contribution in [0.3, 0.4) is 0 Å². The summed E-state index contributed by atoms with van der Waals surface area (Å²) in [6.45, 7) is 11.1. The number of nitrogens with zero attached hydrogens (tertiary/aromatic N) is 2. The molecule has 1 atom stereocenters. The largest absolute Gasteiger partial charge is 0.495 e. The Morgan fingerprint density at radius 2 is 2.00 bits per heavy atom. The Labute approximate surface area is 197 Å². The number of carbonyl (C=O) groups excluding carboxylic acids is 1. The van der Waals surface area contributed by atoms with Crippen molar-refractivity contribution in [3.05, 3.63) is 24.3 Å². The summed E-state index contributed by atoms with van der Waals surface area (Å²) in [6.07, 6.45) is 0.590. The van der Waals surface area contributed by atoms with E-state index >= 15 is 0 Å². The molecule has 0 radical (unpaired) electrons. The highest BCUT2D eigenvalue weighted by molar-refractivity contribution is 14.0. The first-order valence-electron chi connectivity index (χ1n) is 10.2. The van der Waals surface area contributed by atoms with Crippen LogP contribution in [-0.4, -0.2) is 63.5 Å². The van der Waals surface area contributed by atoms with E-state index in [9.17, 15) is 4.79 Å². The van der Waals surface area contributed by atoms with Gasteiger partial charge in [-0.15, -0.1) is 24.0 Å². The molecule has 1 aromatic carbocycles. The van der Waals surface area contributed by atoms with Crippen LogP contribution >= 0.6 is 24.0 Å². The van der Waals surface area contributed by atoms with Crippen LogP contribution in [0.5, 0.6) is 5.75 Å². The monoisotopic (exact) mass is 533 g/mol. The number of hydrogen-bond acceptors (Lipinski definition) is 5. The average Bonchev–Trinajstić information content (AvgIpc) is 3.12. The summed E-state index contributed by atoms with van der Waals surface area (Å²) in [5, 5.41) is 9.48. The third kappa shape index (κ3) is 8.85. The van der Waals surface area contributed by atoms with Crippen molar-refractivity contribution in [2.75, 3.05) is 44.7 Å². The number of hydrogen-bond donors (Lipinski definition) is 3. The van der Waals surface area contributed by atoms with Crippen molar-refractivity contribution in [1.82, 2.24) is 16.0 Å². The smallest absolute Gasteiger partial charge is 0.407 e. The van der Waals surface area contributed by atoms with E-state index < -0.39 is 11.7 Å². The van der Waals surface area contributed by atoms with Crippen molar-refractivity contribution in [3.63, 3.8) is 0 Å². The molecule has 0 saturated carbocycles.